The molecule has 0 radical (unpaired) electrons. The Morgan fingerprint density at radius 2 is 1.82 bits per heavy atom. The molecule has 6 atom stereocenters. The molecule has 3 heterocycles. The first-order valence-electron chi connectivity index (χ1n) is 12.2. The molecule has 3 aliphatic rings. The van der Waals surface area contributed by atoms with E-state index in [0.717, 1.165) is 0 Å². The molecule has 0 bridgehead atoms. The van der Waals surface area contributed by atoms with Crippen molar-refractivity contribution in [3.8, 4) is 28.7 Å². The standard InChI is InChI=1S/C26H29NO12/c1-13(28)27-22-24(33-11-21(29)30)23-20(38-26(22)37-15-5-7-17-19(9-15)36-12-35-17)10-34-25(39-23)14-4-6-16(31-2)18(8-14)32-3/h4-9,20,22-26H,10-12H2,1-3H3,(H,27,28)(H,29,30). The third-order valence-corrected chi connectivity index (χ3v) is 6.38. The van der Waals surface area contributed by atoms with Gasteiger partial charge in [0.25, 0.3) is 0 Å². The highest BCUT2D eigenvalue weighted by molar-refractivity contribution is 5.73. The third-order valence-electron chi connectivity index (χ3n) is 6.38. The zero-order valence-electron chi connectivity index (χ0n) is 21.5. The van der Waals surface area contributed by atoms with Crippen molar-refractivity contribution in [2.45, 2.75) is 43.9 Å². The van der Waals surface area contributed by atoms with Gasteiger partial charge in [0.05, 0.1) is 20.8 Å². The van der Waals surface area contributed by atoms with Crippen LogP contribution in [0.2, 0.25) is 0 Å². The molecule has 2 aromatic rings. The van der Waals surface area contributed by atoms with E-state index in [2.05, 4.69) is 5.32 Å². The first-order valence-corrected chi connectivity index (χ1v) is 12.2. The van der Waals surface area contributed by atoms with E-state index >= 15 is 0 Å². The van der Waals surface area contributed by atoms with E-state index in [1.165, 1.54) is 21.1 Å². The highest BCUT2D eigenvalue weighted by Crippen LogP contribution is 2.40. The van der Waals surface area contributed by atoms with E-state index in [4.69, 9.17) is 42.6 Å². The number of ether oxygens (including phenoxy) is 9. The first-order chi connectivity index (χ1) is 18.9. The molecule has 2 fully saturated rings. The van der Waals surface area contributed by atoms with Crippen LogP contribution in [0, 0.1) is 0 Å². The average molecular weight is 548 g/mol. The normalized spacial score (nSPS) is 27.3. The van der Waals surface area contributed by atoms with Gasteiger partial charge in [-0.2, -0.15) is 0 Å². The Morgan fingerprint density at radius 1 is 1.03 bits per heavy atom. The van der Waals surface area contributed by atoms with E-state index in [0.29, 0.717) is 34.3 Å². The van der Waals surface area contributed by atoms with Crippen LogP contribution in [-0.2, 0) is 28.5 Å². The largest absolute Gasteiger partial charge is 0.493 e. The second-order valence-corrected chi connectivity index (χ2v) is 8.95. The summed E-state index contributed by atoms with van der Waals surface area (Å²) in [6.45, 7) is 0.865. The van der Waals surface area contributed by atoms with Crippen molar-refractivity contribution in [1.29, 1.82) is 0 Å². The lowest BCUT2D eigenvalue weighted by Gasteiger charge is -2.49. The highest BCUT2D eigenvalue weighted by Gasteiger charge is 2.52. The molecule has 39 heavy (non-hydrogen) atoms. The van der Waals surface area contributed by atoms with Gasteiger partial charge in [-0.25, -0.2) is 4.79 Å². The smallest absolute Gasteiger partial charge is 0.329 e. The van der Waals surface area contributed by atoms with E-state index < -0.39 is 55.4 Å². The third kappa shape index (κ3) is 5.81. The van der Waals surface area contributed by atoms with Gasteiger partial charge >= 0.3 is 5.97 Å². The molecule has 2 N–H and O–H groups in total. The minimum absolute atomic E-state index is 0.0738. The van der Waals surface area contributed by atoms with Crippen LogP contribution in [0.5, 0.6) is 28.7 Å². The van der Waals surface area contributed by atoms with Crippen molar-refractivity contribution in [1.82, 2.24) is 5.32 Å². The van der Waals surface area contributed by atoms with Crippen LogP contribution in [0.3, 0.4) is 0 Å². The lowest BCUT2D eigenvalue weighted by molar-refractivity contribution is -0.337. The minimum Gasteiger partial charge on any atom is -0.493 e. The van der Waals surface area contributed by atoms with Crippen molar-refractivity contribution in [3.63, 3.8) is 0 Å². The van der Waals surface area contributed by atoms with Crippen molar-refractivity contribution >= 4 is 11.9 Å². The summed E-state index contributed by atoms with van der Waals surface area (Å²) in [5.41, 5.74) is 0.637. The number of hydrogen-bond donors (Lipinski definition) is 2. The van der Waals surface area contributed by atoms with Crippen LogP contribution in [-0.4, -0.2) is 81.9 Å². The van der Waals surface area contributed by atoms with Gasteiger partial charge in [0.2, 0.25) is 19.0 Å². The zero-order chi connectivity index (χ0) is 27.5. The van der Waals surface area contributed by atoms with Crippen LogP contribution in [0.25, 0.3) is 0 Å². The minimum atomic E-state index is -1.18. The number of fused-ring (bicyclic) bond motifs is 2. The fraction of sp³-hybridized carbons (Fsp3) is 0.462. The SMILES string of the molecule is COc1ccc(C2OCC3OC(Oc4ccc5c(c4)OCO5)C(NC(C)=O)C(OCC(=O)O)C3O2)cc1OC. The summed E-state index contributed by atoms with van der Waals surface area (Å²) in [5.74, 6) is 0.895. The molecule has 6 unspecified atom stereocenters. The molecule has 0 aliphatic carbocycles. The summed E-state index contributed by atoms with van der Waals surface area (Å²) >= 11 is 0. The number of methoxy groups -OCH3 is 2. The van der Waals surface area contributed by atoms with E-state index in [1.54, 1.807) is 36.4 Å². The molecular formula is C26H29NO12. The number of carbonyl (C=O) groups is 2. The second kappa shape index (κ2) is 11.5. The average Bonchev–Trinajstić information content (AvgIpc) is 3.40. The maximum Gasteiger partial charge on any atom is 0.329 e. The maximum absolute atomic E-state index is 12.2. The van der Waals surface area contributed by atoms with Gasteiger partial charge < -0.3 is 53.1 Å². The summed E-state index contributed by atoms with van der Waals surface area (Å²) in [4.78, 5) is 23.6. The Hall–Kier alpha value is -3.78. The summed E-state index contributed by atoms with van der Waals surface area (Å²) in [6.07, 6.45) is -4.41. The Labute approximate surface area is 223 Å². The molecule has 13 nitrogen and oxygen atoms in total. The van der Waals surface area contributed by atoms with Gasteiger partial charge in [-0.05, 0) is 24.3 Å². The Kier molecular flexibility index (Phi) is 7.93. The Bertz CT molecular complexity index is 1210. The van der Waals surface area contributed by atoms with Crippen LogP contribution >= 0.6 is 0 Å². The quantitative estimate of drug-likeness (QED) is 0.470. The van der Waals surface area contributed by atoms with Gasteiger partial charge in [0, 0.05) is 18.6 Å². The number of nitrogens with one attached hydrogen (secondary N) is 1. The van der Waals surface area contributed by atoms with Gasteiger partial charge in [0.15, 0.2) is 29.3 Å². The maximum atomic E-state index is 12.2. The van der Waals surface area contributed by atoms with E-state index in [1.807, 2.05) is 0 Å². The molecule has 2 aromatic carbocycles. The summed E-state index contributed by atoms with van der Waals surface area (Å²) in [7, 11) is 3.05. The lowest BCUT2D eigenvalue weighted by Crippen LogP contribution is -2.68. The Balaban J connectivity index is 1.42. The van der Waals surface area contributed by atoms with Crippen molar-refractivity contribution in [3.05, 3.63) is 42.0 Å². The number of amides is 1. The summed E-state index contributed by atoms with van der Waals surface area (Å²) in [6, 6.07) is 9.27. The molecule has 13 heteroatoms. The number of benzene rings is 2. The molecule has 0 aromatic heterocycles. The Morgan fingerprint density at radius 3 is 2.56 bits per heavy atom. The number of aliphatic carboxylic acids is 1. The number of carbonyl (C=O) groups excluding carboxylic acids is 1. The molecule has 0 spiro atoms. The van der Waals surface area contributed by atoms with Gasteiger partial charge in [-0.15, -0.1) is 0 Å². The fourth-order valence-electron chi connectivity index (χ4n) is 4.68. The van der Waals surface area contributed by atoms with Gasteiger partial charge in [-0.1, -0.05) is 6.07 Å². The molecule has 5 rings (SSSR count). The molecular weight excluding hydrogens is 518 g/mol. The second-order valence-electron chi connectivity index (χ2n) is 8.95. The topological polar surface area (TPSA) is 149 Å². The molecule has 1 amide bonds. The summed E-state index contributed by atoms with van der Waals surface area (Å²) in [5, 5.41) is 12.1. The van der Waals surface area contributed by atoms with Crippen LogP contribution in [0.15, 0.2) is 36.4 Å². The van der Waals surface area contributed by atoms with E-state index in [9.17, 15) is 14.7 Å². The number of carboxylic acids is 1. The number of hydrogen-bond acceptors (Lipinski definition) is 11. The predicted molar refractivity (Wildman–Crippen MR) is 130 cm³/mol. The number of rotatable bonds is 9. The summed E-state index contributed by atoms with van der Waals surface area (Å²) < 4.78 is 51.8. The highest BCUT2D eigenvalue weighted by atomic mass is 16.8. The fourth-order valence-corrected chi connectivity index (χ4v) is 4.68. The molecule has 0 saturated carbocycles. The van der Waals surface area contributed by atoms with Crippen LogP contribution in [0.1, 0.15) is 18.8 Å². The lowest BCUT2D eigenvalue weighted by atomic mass is 9.95. The van der Waals surface area contributed by atoms with Crippen LogP contribution < -0.4 is 29.0 Å². The number of carboxylic acid groups (broad SMARTS) is 1. The van der Waals surface area contributed by atoms with Gasteiger partial charge in [-0.3, -0.25) is 4.79 Å². The molecule has 2 saturated heterocycles. The first kappa shape index (κ1) is 26.8. The monoisotopic (exact) mass is 547 g/mol. The van der Waals surface area contributed by atoms with Crippen molar-refractivity contribution in [2.75, 3.05) is 34.2 Å². The van der Waals surface area contributed by atoms with E-state index in [-0.39, 0.29) is 13.4 Å². The predicted octanol–water partition coefficient (Wildman–Crippen LogP) is 1.62. The molecule has 3 aliphatic heterocycles. The molecule has 210 valence electrons. The van der Waals surface area contributed by atoms with Crippen molar-refractivity contribution < 1.29 is 57.3 Å². The van der Waals surface area contributed by atoms with Gasteiger partial charge in [0.1, 0.15) is 36.7 Å². The van der Waals surface area contributed by atoms with Crippen LogP contribution in [0.4, 0.5) is 0 Å². The van der Waals surface area contributed by atoms with Crippen molar-refractivity contribution in [2.24, 2.45) is 0 Å². The zero-order valence-corrected chi connectivity index (χ0v) is 21.5.